The fraction of sp³-hybridized carbons (Fsp3) is 0. The van der Waals surface area contributed by atoms with Crippen molar-refractivity contribution in [1.82, 2.24) is 0 Å². The molecule has 0 aromatic heterocycles. The first-order valence-electron chi connectivity index (χ1n) is 0.548. The first-order chi connectivity index (χ1) is 2.83. The summed E-state index contributed by atoms with van der Waals surface area (Å²) in [5.41, 5.74) is 0. The molecule has 0 aliphatic carbocycles. The Kier molecular flexibility index (Phi) is 54.8. The molecule has 0 bridgehead atoms. The smallest absolute Gasteiger partial charge is 0 e. The summed E-state index contributed by atoms with van der Waals surface area (Å²) < 4.78 is 3.19. The zero-order chi connectivity index (χ0) is 5.41. The van der Waals surface area contributed by atoms with Gasteiger partial charge in [-0.1, -0.05) is 0 Å². The van der Waals surface area contributed by atoms with E-state index in [1.165, 1.54) is 0 Å². The molecule has 0 radical (unpaired) electrons. The third-order valence-electron chi connectivity index (χ3n) is 0. The van der Waals surface area contributed by atoms with E-state index < -0.39 is 0 Å². The quantitative estimate of drug-likeness (QED) is 0.625. The van der Waals surface area contributed by atoms with Gasteiger partial charge in [-0.25, -0.2) is 0 Å². The molecule has 48 valence electrons. The van der Waals surface area contributed by atoms with Gasteiger partial charge in [-0.15, -0.1) is 0 Å². The second kappa shape index (κ2) is 23.6. The SMILES string of the molecule is ClOCl.[Cl][Ni][Cl].[Zr]. The minimum Gasteiger partial charge on any atom is 0 e. The van der Waals surface area contributed by atoms with Crippen LogP contribution in [0.1, 0.15) is 0 Å². The summed E-state index contributed by atoms with van der Waals surface area (Å²) in [6.07, 6.45) is 0. The fourth-order valence-corrected chi connectivity index (χ4v) is 0. The second-order valence-electron chi connectivity index (χ2n) is 0.103. The van der Waals surface area contributed by atoms with E-state index in [1.54, 1.807) is 0 Å². The Hall–Kier alpha value is 2.50. The molecule has 1 nitrogen and oxygen atoms in total. The van der Waals surface area contributed by atoms with Gasteiger partial charge in [0, 0.05) is 26.2 Å². The third kappa shape index (κ3) is 57.5. The predicted octanol–water partition coefficient (Wildman–Crippen LogP) is 2.68. The Morgan fingerprint density at radius 3 is 1.14 bits per heavy atom. The second-order valence-corrected chi connectivity index (χ2v) is 2.20. The molecule has 0 rings (SSSR count). The molecular formula is Cl4NiOZr. The molecule has 7 heavy (non-hydrogen) atoms. The summed E-state index contributed by atoms with van der Waals surface area (Å²) in [5.74, 6) is 0. The Balaban J connectivity index is -0.0000000400. The molecule has 0 aromatic carbocycles. The summed E-state index contributed by atoms with van der Waals surface area (Å²) in [7, 11) is 9.40. The average molecular weight is 308 g/mol. The van der Waals surface area contributed by atoms with Crippen LogP contribution in [-0.4, -0.2) is 0 Å². The van der Waals surface area contributed by atoms with Crippen molar-refractivity contribution >= 4 is 44.1 Å². The normalized spacial score (nSPS) is 5.71. The van der Waals surface area contributed by atoms with Crippen molar-refractivity contribution in [3.05, 3.63) is 0 Å². The summed E-state index contributed by atoms with van der Waals surface area (Å²) in [6, 6.07) is 0. The van der Waals surface area contributed by atoms with Gasteiger partial charge in [0.1, 0.15) is 0 Å². The minimum absolute atomic E-state index is 0. The zero-order valence-corrected chi connectivity index (χ0v) is 9.21. The molecule has 0 N–H and O–H groups in total. The molecule has 0 aliphatic rings. The Labute approximate surface area is 85.8 Å². The van der Waals surface area contributed by atoms with Crippen LogP contribution < -0.4 is 0 Å². The Morgan fingerprint density at radius 1 is 1.14 bits per heavy atom. The number of halogens is 4. The monoisotopic (exact) mass is 304 g/mol. The van der Waals surface area contributed by atoms with E-state index in [2.05, 4.69) is 27.6 Å². The fourth-order valence-electron chi connectivity index (χ4n) is 0. The van der Waals surface area contributed by atoms with E-state index in [0.29, 0.717) is 12.7 Å². The predicted molar refractivity (Wildman–Crippen MR) is 24.5 cm³/mol. The summed E-state index contributed by atoms with van der Waals surface area (Å²) in [5, 5.41) is 0. The number of rotatable bonds is 0. The Bertz CT molecular complexity index is 13.7. The van der Waals surface area contributed by atoms with Crippen LogP contribution in [0.3, 0.4) is 0 Å². The zero-order valence-electron chi connectivity index (χ0n) is 2.74. The maximum atomic E-state index is 4.70. The summed E-state index contributed by atoms with van der Waals surface area (Å²) in [6.45, 7) is 0. The molecule has 0 atom stereocenters. The largest absolute Gasteiger partial charge is 0 e. The van der Waals surface area contributed by atoms with Gasteiger partial charge in [-0.05, 0) is 0 Å². The van der Waals surface area contributed by atoms with E-state index >= 15 is 0 Å². The first-order valence-corrected chi connectivity index (χ1v) is 3.88. The van der Waals surface area contributed by atoms with Crippen molar-refractivity contribution in [2.75, 3.05) is 0 Å². The van der Waals surface area contributed by atoms with Crippen LogP contribution >= 0.6 is 44.1 Å². The summed E-state index contributed by atoms with van der Waals surface area (Å²) >= 11 is 9.10. The maximum Gasteiger partial charge on any atom is 0 e. The van der Waals surface area contributed by atoms with Gasteiger partial charge in [0.25, 0.3) is 0 Å². The molecule has 0 aromatic rings. The van der Waals surface area contributed by atoms with Gasteiger partial charge < -0.3 is 0 Å². The van der Waals surface area contributed by atoms with E-state index in [0.717, 1.165) is 0 Å². The number of hydrogen-bond acceptors (Lipinski definition) is 1. The van der Waals surface area contributed by atoms with Crippen molar-refractivity contribution in [2.24, 2.45) is 0 Å². The summed E-state index contributed by atoms with van der Waals surface area (Å²) in [4.78, 5) is 0. The van der Waals surface area contributed by atoms with Gasteiger partial charge in [-0.2, -0.15) is 3.84 Å². The van der Waals surface area contributed by atoms with Crippen LogP contribution in [0.4, 0.5) is 0 Å². The van der Waals surface area contributed by atoms with Crippen LogP contribution in [0, 0.1) is 0 Å². The molecule has 0 fully saturated rings. The van der Waals surface area contributed by atoms with Crippen LogP contribution in [0.2, 0.25) is 0 Å². The standard InChI is InChI=1S/Cl2O.2ClH.Ni.Zr/c1-3-2;;;;/h;2*1H;;/q;;;+2;/p-2. The maximum absolute atomic E-state index is 4.70. The molecule has 0 aliphatic heterocycles. The van der Waals surface area contributed by atoms with Crippen molar-refractivity contribution in [1.29, 1.82) is 0 Å². The van der Waals surface area contributed by atoms with Crippen molar-refractivity contribution in [3.63, 3.8) is 0 Å². The molecule has 0 saturated carbocycles. The van der Waals surface area contributed by atoms with Gasteiger partial charge in [0.2, 0.25) is 0 Å². The van der Waals surface area contributed by atoms with Crippen molar-refractivity contribution in [2.45, 2.75) is 0 Å². The van der Waals surface area contributed by atoms with Crippen LogP contribution in [0.25, 0.3) is 0 Å². The van der Waals surface area contributed by atoms with Gasteiger partial charge in [0.05, 0.1) is 23.7 Å². The van der Waals surface area contributed by atoms with Crippen LogP contribution in [0.5, 0.6) is 0 Å². The number of hydrogen-bond donors (Lipinski definition) is 0. The molecule has 7 heteroatoms. The molecule has 0 saturated heterocycles. The molecule has 0 spiro atoms. The third-order valence-corrected chi connectivity index (χ3v) is 0. The van der Waals surface area contributed by atoms with Gasteiger partial charge >= 0.3 is 33.0 Å². The minimum atomic E-state index is 0. The molecule has 0 amide bonds. The van der Waals surface area contributed by atoms with Crippen molar-refractivity contribution < 1.29 is 42.7 Å². The molecule has 0 unspecified atom stereocenters. The van der Waals surface area contributed by atoms with Crippen LogP contribution in [-0.2, 0) is 42.7 Å². The van der Waals surface area contributed by atoms with E-state index in [-0.39, 0.29) is 26.2 Å². The first kappa shape index (κ1) is 16.2. The van der Waals surface area contributed by atoms with E-state index in [9.17, 15) is 0 Å². The average Bonchev–Trinajstić information content (AvgIpc) is 1.39. The molecule has 0 heterocycles. The van der Waals surface area contributed by atoms with Gasteiger partial charge in [-0.3, -0.25) is 0 Å². The Morgan fingerprint density at radius 2 is 1.14 bits per heavy atom. The van der Waals surface area contributed by atoms with Crippen LogP contribution in [0.15, 0.2) is 0 Å². The van der Waals surface area contributed by atoms with E-state index in [1.807, 2.05) is 0 Å². The van der Waals surface area contributed by atoms with E-state index in [4.69, 9.17) is 20.4 Å². The van der Waals surface area contributed by atoms with Gasteiger partial charge in [0.15, 0.2) is 0 Å². The molecular weight excluding hydrogens is 308 g/mol. The van der Waals surface area contributed by atoms with Crippen molar-refractivity contribution in [3.8, 4) is 0 Å². The topological polar surface area (TPSA) is 9.23 Å².